The summed E-state index contributed by atoms with van der Waals surface area (Å²) in [4.78, 5) is 22.0. The maximum atomic E-state index is 12.3. The van der Waals surface area contributed by atoms with Gasteiger partial charge in [-0.15, -0.1) is 0 Å². The first kappa shape index (κ1) is 13.2. The summed E-state index contributed by atoms with van der Waals surface area (Å²) in [7, 11) is 0. The lowest BCUT2D eigenvalue weighted by atomic mass is 9.99. The van der Waals surface area contributed by atoms with Crippen LogP contribution in [0.1, 0.15) is 36.2 Å². The molecule has 1 aliphatic heterocycles. The number of halogens is 1. The van der Waals surface area contributed by atoms with Crippen LogP contribution >= 0.6 is 11.6 Å². The van der Waals surface area contributed by atoms with E-state index in [0.717, 1.165) is 19.3 Å². The van der Waals surface area contributed by atoms with E-state index in [1.54, 1.807) is 4.90 Å². The van der Waals surface area contributed by atoms with E-state index in [1.807, 2.05) is 0 Å². The Balaban J connectivity index is 2.12. The molecule has 1 amide bonds. The predicted molar refractivity (Wildman–Crippen MR) is 67.4 cm³/mol. The second kappa shape index (κ2) is 6.11. The van der Waals surface area contributed by atoms with Gasteiger partial charge in [-0.05, 0) is 25.7 Å². The van der Waals surface area contributed by atoms with E-state index >= 15 is 0 Å². The van der Waals surface area contributed by atoms with Gasteiger partial charge in [-0.1, -0.05) is 11.6 Å². The van der Waals surface area contributed by atoms with Gasteiger partial charge in [-0.2, -0.15) is 0 Å². The van der Waals surface area contributed by atoms with Crippen LogP contribution < -0.4 is 0 Å². The minimum absolute atomic E-state index is 0.0980. The molecule has 1 aliphatic rings. The van der Waals surface area contributed by atoms with E-state index in [2.05, 4.69) is 9.97 Å². The van der Waals surface area contributed by atoms with Gasteiger partial charge in [0.1, 0.15) is 10.8 Å². The van der Waals surface area contributed by atoms with Gasteiger partial charge in [0.15, 0.2) is 0 Å². The van der Waals surface area contributed by atoms with Crippen LogP contribution in [0.5, 0.6) is 0 Å². The number of aliphatic hydroxyl groups is 1. The van der Waals surface area contributed by atoms with Crippen LogP contribution in [0.4, 0.5) is 0 Å². The molecule has 1 N–H and O–H groups in total. The average Bonchev–Trinajstić information content (AvgIpc) is 2.40. The SMILES string of the molecule is O=C(c1cnc(Cl)cn1)N1CCCCC1CCO. The van der Waals surface area contributed by atoms with Crippen molar-refractivity contribution in [2.24, 2.45) is 0 Å². The van der Waals surface area contributed by atoms with Crippen molar-refractivity contribution >= 4 is 17.5 Å². The summed E-state index contributed by atoms with van der Waals surface area (Å²) < 4.78 is 0. The zero-order chi connectivity index (χ0) is 13.0. The molecule has 0 aromatic carbocycles. The van der Waals surface area contributed by atoms with Crippen LogP contribution in [-0.2, 0) is 0 Å². The molecule has 2 rings (SSSR count). The van der Waals surface area contributed by atoms with Crippen molar-refractivity contribution in [2.45, 2.75) is 31.7 Å². The van der Waals surface area contributed by atoms with Crippen LogP contribution in [0.15, 0.2) is 12.4 Å². The van der Waals surface area contributed by atoms with Crippen molar-refractivity contribution < 1.29 is 9.90 Å². The molecule has 18 heavy (non-hydrogen) atoms. The zero-order valence-electron chi connectivity index (χ0n) is 10.0. The molecule has 1 atom stereocenters. The lowest BCUT2D eigenvalue weighted by Crippen LogP contribution is -2.44. The Labute approximate surface area is 111 Å². The molecule has 1 unspecified atom stereocenters. The quantitative estimate of drug-likeness (QED) is 0.903. The van der Waals surface area contributed by atoms with Crippen LogP contribution in [0.2, 0.25) is 5.15 Å². The number of hydrogen-bond acceptors (Lipinski definition) is 4. The first-order valence-corrected chi connectivity index (χ1v) is 6.49. The Kier molecular flexibility index (Phi) is 4.49. The Morgan fingerprint density at radius 3 is 2.94 bits per heavy atom. The predicted octanol–water partition coefficient (Wildman–Crippen LogP) is 1.51. The molecule has 2 heterocycles. The van der Waals surface area contributed by atoms with Crippen molar-refractivity contribution in [1.82, 2.24) is 14.9 Å². The van der Waals surface area contributed by atoms with Crippen molar-refractivity contribution in [1.29, 1.82) is 0 Å². The molecule has 1 aromatic heterocycles. The monoisotopic (exact) mass is 269 g/mol. The molecule has 1 aromatic rings. The Hall–Kier alpha value is -1.20. The van der Waals surface area contributed by atoms with Gasteiger partial charge < -0.3 is 10.0 Å². The Bertz CT molecular complexity index is 408. The van der Waals surface area contributed by atoms with E-state index < -0.39 is 0 Å². The molecule has 1 saturated heterocycles. The normalized spacial score (nSPS) is 19.9. The molecular weight excluding hydrogens is 254 g/mol. The summed E-state index contributed by atoms with van der Waals surface area (Å²) in [6.07, 6.45) is 6.42. The van der Waals surface area contributed by atoms with Gasteiger partial charge in [0.05, 0.1) is 12.4 Å². The van der Waals surface area contributed by atoms with E-state index in [-0.39, 0.29) is 23.7 Å². The number of likely N-dealkylation sites (tertiary alicyclic amines) is 1. The highest BCUT2D eigenvalue weighted by Gasteiger charge is 2.27. The van der Waals surface area contributed by atoms with Crippen LogP contribution in [0.25, 0.3) is 0 Å². The van der Waals surface area contributed by atoms with E-state index in [1.165, 1.54) is 12.4 Å². The lowest BCUT2D eigenvalue weighted by Gasteiger charge is -2.35. The fourth-order valence-corrected chi connectivity index (χ4v) is 2.38. The number of hydrogen-bond donors (Lipinski definition) is 1. The minimum Gasteiger partial charge on any atom is -0.396 e. The molecule has 5 nitrogen and oxygen atoms in total. The zero-order valence-corrected chi connectivity index (χ0v) is 10.8. The number of amides is 1. The minimum atomic E-state index is -0.127. The smallest absolute Gasteiger partial charge is 0.274 e. The van der Waals surface area contributed by atoms with Crippen molar-refractivity contribution in [3.63, 3.8) is 0 Å². The summed E-state index contributed by atoms with van der Waals surface area (Å²) >= 11 is 5.65. The number of carbonyl (C=O) groups is 1. The summed E-state index contributed by atoms with van der Waals surface area (Å²) in [5.41, 5.74) is 0.309. The molecule has 0 spiro atoms. The first-order valence-electron chi connectivity index (χ1n) is 6.11. The molecule has 0 aliphatic carbocycles. The molecule has 0 saturated carbocycles. The summed E-state index contributed by atoms with van der Waals surface area (Å²) in [6, 6.07) is 0.105. The van der Waals surface area contributed by atoms with Crippen LogP contribution in [0.3, 0.4) is 0 Å². The van der Waals surface area contributed by atoms with Gasteiger partial charge in [-0.25, -0.2) is 9.97 Å². The van der Waals surface area contributed by atoms with Crippen molar-refractivity contribution in [3.05, 3.63) is 23.2 Å². The van der Waals surface area contributed by atoms with Crippen molar-refractivity contribution in [2.75, 3.05) is 13.2 Å². The first-order chi connectivity index (χ1) is 8.72. The summed E-state index contributed by atoms with van der Waals surface area (Å²) in [5.74, 6) is -0.127. The fraction of sp³-hybridized carbons (Fsp3) is 0.583. The van der Waals surface area contributed by atoms with E-state index in [9.17, 15) is 4.79 Å². The van der Waals surface area contributed by atoms with E-state index in [0.29, 0.717) is 18.7 Å². The molecule has 0 bridgehead atoms. The highest BCUT2D eigenvalue weighted by Crippen LogP contribution is 2.21. The topological polar surface area (TPSA) is 66.3 Å². The summed E-state index contributed by atoms with van der Waals surface area (Å²) in [6.45, 7) is 0.814. The number of nitrogens with zero attached hydrogens (tertiary/aromatic N) is 3. The fourth-order valence-electron chi connectivity index (χ4n) is 2.29. The second-order valence-electron chi connectivity index (χ2n) is 4.38. The molecule has 0 radical (unpaired) electrons. The number of piperidine rings is 1. The standard InChI is InChI=1S/C12H16ClN3O2/c13-11-8-14-10(7-15-11)12(18)16-5-2-1-3-9(16)4-6-17/h7-9,17H,1-6H2. The average molecular weight is 270 g/mol. The molecule has 1 fully saturated rings. The van der Waals surface area contributed by atoms with Gasteiger partial charge in [0.2, 0.25) is 0 Å². The number of aliphatic hydroxyl groups excluding tert-OH is 1. The summed E-state index contributed by atoms with van der Waals surface area (Å²) in [5, 5.41) is 9.32. The van der Waals surface area contributed by atoms with E-state index in [4.69, 9.17) is 16.7 Å². The number of carbonyl (C=O) groups excluding carboxylic acids is 1. The third kappa shape index (κ3) is 2.97. The Morgan fingerprint density at radius 1 is 1.44 bits per heavy atom. The number of rotatable bonds is 3. The lowest BCUT2D eigenvalue weighted by molar-refractivity contribution is 0.0568. The van der Waals surface area contributed by atoms with Gasteiger partial charge in [-0.3, -0.25) is 4.79 Å². The maximum absolute atomic E-state index is 12.3. The molecule has 98 valence electrons. The van der Waals surface area contributed by atoms with Gasteiger partial charge >= 0.3 is 0 Å². The van der Waals surface area contributed by atoms with Gasteiger partial charge in [0.25, 0.3) is 5.91 Å². The highest BCUT2D eigenvalue weighted by atomic mass is 35.5. The third-order valence-corrected chi connectivity index (χ3v) is 3.38. The van der Waals surface area contributed by atoms with Crippen LogP contribution in [-0.4, -0.2) is 45.1 Å². The third-order valence-electron chi connectivity index (χ3n) is 3.19. The van der Waals surface area contributed by atoms with Crippen LogP contribution in [0, 0.1) is 0 Å². The highest BCUT2D eigenvalue weighted by molar-refractivity contribution is 6.29. The number of aromatic nitrogens is 2. The Morgan fingerprint density at radius 2 is 2.28 bits per heavy atom. The van der Waals surface area contributed by atoms with Crippen molar-refractivity contribution in [3.8, 4) is 0 Å². The molecular formula is C12H16ClN3O2. The van der Waals surface area contributed by atoms with Gasteiger partial charge in [0, 0.05) is 19.2 Å². The second-order valence-corrected chi connectivity index (χ2v) is 4.77. The molecule has 6 heteroatoms. The largest absolute Gasteiger partial charge is 0.396 e. The maximum Gasteiger partial charge on any atom is 0.274 e.